The maximum Gasteiger partial charge on any atom is 0.243 e. The molecule has 1 amide bonds. The molecule has 0 aliphatic heterocycles. The van der Waals surface area contributed by atoms with E-state index in [1.54, 1.807) is 6.07 Å². The number of aryl methyl sites for hydroxylation is 1. The van der Waals surface area contributed by atoms with Crippen molar-refractivity contribution in [2.75, 3.05) is 0 Å². The average molecular weight is 207 g/mol. The molecule has 0 fully saturated rings. The average Bonchev–Trinajstić information content (AvgIpc) is 2.17. The Hall–Kier alpha value is -1.64. The van der Waals surface area contributed by atoms with Crippen LogP contribution in [0.25, 0.3) is 0 Å². The van der Waals surface area contributed by atoms with Crippen LogP contribution in [0.3, 0.4) is 0 Å². The zero-order valence-corrected chi connectivity index (χ0v) is 8.88. The minimum atomic E-state index is -0.265. The van der Waals surface area contributed by atoms with Gasteiger partial charge in [-0.25, -0.2) is 4.39 Å². The number of carbonyl (C=O) groups is 1. The quantitative estimate of drug-likeness (QED) is 0.758. The predicted molar refractivity (Wildman–Crippen MR) is 57.9 cm³/mol. The molecule has 0 saturated heterocycles. The number of rotatable bonds is 3. The van der Waals surface area contributed by atoms with E-state index in [-0.39, 0.29) is 17.8 Å². The van der Waals surface area contributed by atoms with Crippen molar-refractivity contribution in [3.8, 4) is 0 Å². The predicted octanol–water partition coefficient (Wildman–Crippen LogP) is 2.50. The van der Waals surface area contributed by atoms with Gasteiger partial charge in [0, 0.05) is 0 Å². The normalized spacial score (nSPS) is 11.9. The third-order valence-electron chi connectivity index (χ3n) is 2.24. The molecule has 1 aromatic carbocycles. The fourth-order valence-corrected chi connectivity index (χ4v) is 1.48. The highest BCUT2D eigenvalue weighted by molar-refractivity contribution is 5.87. The molecular formula is C12H14FNO. The molecular weight excluding hydrogens is 193 g/mol. The largest absolute Gasteiger partial charge is 0.346 e. The maximum atomic E-state index is 12.8. The van der Waals surface area contributed by atoms with Crippen LogP contribution in [-0.4, -0.2) is 5.91 Å². The first-order chi connectivity index (χ1) is 7.04. The second kappa shape index (κ2) is 4.73. The first kappa shape index (κ1) is 11.4. The van der Waals surface area contributed by atoms with Crippen LogP contribution < -0.4 is 5.32 Å². The summed E-state index contributed by atoms with van der Waals surface area (Å²) in [6.07, 6.45) is 1.22. The van der Waals surface area contributed by atoms with Crippen LogP contribution in [0.1, 0.15) is 24.1 Å². The molecule has 1 atom stereocenters. The second-order valence-electron chi connectivity index (χ2n) is 3.44. The highest BCUT2D eigenvalue weighted by atomic mass is 19.1. The number of amides is 1. The molecule has 1 N–H and O–H groups in total. The number of carbonyl (C=O) groups excluding carboxylic acids is 1. The van der Waals surface area contributed by atoms with Crippen LogP contribution >= 0.6 is 0 Å². The summed E-state index contributed by atoms with van der Waals surface area (Å²) >= 11 is 0. The molecule has 0 aliphatic rings. The lowest BCUT2D eigenvalue weighted by Crippen LogP contribution is -2.25. The minimum Gasteiger partial charge on any atom is -0.346 e. The van der Waals surface area contributed by atoms with Crippen molar-refractivity contribution in [2.24, 2.45) is 0 Å². The van der Waals surface area contributed by atoms with Crippen molar-refractivity contribution in [2.45, 2.75) is 19.9 Å². The molecule has 0 spiro atoms. The molecule has 1 aromatic rings. The lowest BCUT2D eigenvalue weighted by Gasteiger charge is -2.15. The van der Waals surface area contributed by atoms with Crippen LogP contribution in [0.5, 0.6) is 0 Å². The van der Waals surface area contributed by atoms with Crippen molar-refractivity contribution in [1.29, 1.82) is 0 Å². The SMILES string of the molecule is C=CC(=O)N[C@H](C)c1ccc(F)cc1C. The zero-order chi connectivity index (χ0) is 11.4. The molecule has 0 radical (unpaired) electrons. The Kier molecular flexibility index (Phi) is 3.61. The molecule has 1 rings (SSSR count). The van der Waals surface area contributed by atoms with E-state index in [4.69, 9.17) is 0 Å². The van der Waals surface area contributed by atoms with Gasteiger partial charge in [0.15, 0.2) is 0 Å². The summed E-state index contributed by atoms with van der Waals surface area (Å²) in [5.74, 6) is -0.496. The van der Waals surface area contributed by atoms with Crippen LogP contribution in [0.15, 0.2) is 30.9 Å². The van der Waals surface area contributed by atoms with Gasteiger partial charge < -0.3 is 5.32 Å². The van der Waals surface area contributed by atoms with Crippen LogP contribution in [-0.2, 0) is 4.79 Å². The van der Waals surface area contributed by atoms with Crippen LogP contribution in [0.2, 0.25) is 0 Å². The van der Waals surface area contributed by atoms with Gasteiger partial charge in [0.25, 0.3) is 0 Å². The lowest BCUT2D eigenvalue weighted by molar-refractivity contribution is -0.117. The van der Waals surface area contributed by atoms with Gasteiger partial charge in [-0.2, -0.15) is 0 Å². The van der Waals surface area contributed by atoms with Gasteiger partial charge in [-0.05, 0) is 43.2 Å². The molecule has 0 unspecified atom stereocenters. The van der Waals surface area contributed by atoms with Crippen molar-refractivity contribution in [3.05, 3.63) is 47.8 Å². The molecule has 0 heterocycles. The monoisotopic (exact) mass is 207 g/mol. The lowest BCUT2D eigenvalue weighted by atomic mass is 10.0. The number of benzene rings is 1. The molecule has 15 heavy (non-hydrogen) atoms. The van der Waals surface area contributed by atoms with Crippen LogP contribution in [0, 0.1) is 12.7 Å². The van der Waals surface area contributed by atoms with Gasteiger partial charge >= 0.3 is 0 Å². The van der Waals surface area contributed by atoms with Crippen molar-refractivity contribution in [3.63, 3.8) is 0 Å². The van der Waals surface area contributed by atoms with E-state index < -0.39 is 0 Å². The van der Waals surface area contributed by atoms with Gasteiger partial charge in [0.2, 0.25) is 5.91 Å². The van der Waals surface area contributed by atoms with E-state index in [0.717, 1.165) is 11.1 Å². The summed E-state index contributed by atoms with van der Waals surface area (Å²) in [7, 11) is 0. The molecule has 3 heteroatoms. The molecule has 0 aromatic heterocycles. The van der Waals surface area contributed by atoms with Gasteiger partial charge in [-0.15, -0.1) is 0 Å². The highest BCUT2D eigenvalue weighted by Gasteiger charge is 2.10. The third-order valence-corrected chi connectivity index (χ3v) is 2.24. The van der Waals surface area contributed by atoms with E-state index in [9.17, 15) is 9.18 Å². The van der Waals surface area contributed by atoms with Gasteiger partial charge in [-0.1, -0.05) is 12.6 Å². The Labute approximate surface area is 88.8 Å². The molecule has 0 aliphatic carbocycles. The summed E-state index contributed by atoms with van der Waals surface area (Å²) in [6.45, 7) is 7.04. The number of halogens is 1. The summed E-state index contributed by atoms with van der Waals surface area (Å²) in [6, 6.07) is 4.37. The Bertz CT molecular complexity index is 387. The van der Waals surface area contributed by atoms with Crippen molar-refractivity contribution in [1.82, 2.24) is 5.32 Å². The number of hydrogen-bond donors (Lipinski definition) is 1. The smallest absolute Gasteiger partial charge is 0.243 e. The molecule has 2 nitrogen and oxygen atoms in total. The Morgan fingerprint density at radius 2 is 2.27 bits per heavy atom. The fraction of sp³-hybridized carbons (Fsp3) is 0.250. The van der Waals surface area contributed by atoms with Crippen molar-refractivity contribution >= 4 is 5.91 Å². The summed E-state index contributed by atoms with van der Waals surface area (Å²) in [4.78, 5) is 11.1. The second-order valence-corrected chi connectivity index (χ2v) is 3.44. The van der Waals surface area contributed by atoms with Gasteiger partial charge in [0.05, 0.1) is 6.04 Å². The summed E-state index contributed by atoms with van der Waals surface area (Å²) in [5, 5.41) is 2.73. The van der Waals surface area contributed by atoms with E-state index >= 15 is 0 Å². The first-order valence-corrected chi connectivity index (χ1v) is 4.73. The van der Waals surface area contributed by atoms with Gasteiger partial charge in [-0.3, -0.25) is 4.79 Å². The highest BCUT2D eigenvalue weighted by Crippen LogP contribution is 2.17. The van der Waals surface area contributed by atoms with Crippen LogP contribution in [0.4, 0.5) is 4.39 Å². The van der Waals surface area contributed by atoms with E-state index in [0.29, 0.717) is 0 Å². The van der Waals surface area contributed by atoms with E-state index in [1.807, 2.05) is 13.8 Å². The molecule has 0 saturated carbocycles. The minimum absolute atomic E-state index is 0.143. The van der Waals surface area contributed by atoms with Crippen molar-refractivity contribution < 1.29 is 9.18 Å². The Morgan fingerprint density at radius 1 is 1.60 bits per heavy atom. The number of nitrogens with one attached hydrogen (secondary N) is 1. The number of hydrogen-bond acceptors (Lipinski definition) is 1. The molecule has 80 valence electrons. The standard InChI is InChI=1S/C12H14FNO/c1-4-12(15)14-9(3)11-6-5-10(13)7-8(11)2/h4-7,9H,1H2,2-3H3,(H,14,15)/t9-/m1/s1. The third kappa shape index (κ3) is 2.91. The Morgan fingerprint density at radius 3 is 2.80 bits per heavy atom. The van der Waals surface area contributed by atoms with Gasteiger partial charge in [0.1, 0.15) is 5.82 Å². The summed E-state index contributed by atoms with van der Waals surface area (Å²) in [5.41, 5.74) is 1.73. The topological polar surface area (TPSA) is 29.1 Å². The van der Waals surface area contributed by atoms with E-state index in [1.165, 1.54) is 18.2 Å². The van der Waals surface area contributed by atoms with E-state index in [2.05, 4.69) is 11.9 Å². The molecule has 0 bridgehead atoms. The fourth-order valence-electron chi connectivity index (χ4n) is 1.48. The first-order valence-electron chi connectivity index (χ1n) is 4.73. The maximum absolute atomic E-state index is 12.8. The zero-order valence-electron chi connectivity index (χ0n) is 8.88. The Balaban J connectivity index is 2.86. The summed E-state index contributed by atoms with van der Waals surface area (Å²) < 4.78 is 12.8.